The third kappa shape index (κ3) is 10.6. The van der Waals surface area contributed by atoms with Gasteiger partial charge in [0.25, 0.3) is 0 Å². The summed E-state index contributed by atoms with van der Waals surface area (Å²) in [6.07, 6.45) is 27.6. The number of ether oxygens (including phenoxy) is 6. The fraction of sp³-hybridized carbons (Fsp3) is 0.667. The van der Waals surface area contributed by atoms with Crippen LogP contribution in [0.15, 0.2) is 0 Å². The molecule has 4 aromatic carbocycles. The maximum absolute atomic E-state index is 7.07. The summed E-state index contributed by atoms with van der Waals surface area (Å²) in [5.41, 5.74) is 0. The van der Waals surface area contributed by atoms with Crippen molar-refractivity contribution in [3.05, 3.63) is 0 Å². The summed E-state index contributed by atoms with van der Waals surface area (Å²) in [6, 6.07) is 0. The van der Waals surface area contributed by atoms with Crippen molar-refractivity contribution in [2.75, 3.05) is 39.6 Å². The molecule has 0 spiro atoms. The van der Waals surface area contributed by atoms with Crippen LogP contribution in [0.4, 0.5) is 0 Å². The predicted octanol–water partition coefficient (Wildman–Crippen LogP) is 18.9. The van der Waals surface area contributed by atoms with Crippen molar-refractivity contribution >= 4 is 94.5 Å². The minimum absolute atomic E-state index is 0.671. The lowest BCUT2D eigenvalue weighted by molar-refractivity contribution is 0.264. The van der Waals surface area contributed by atoms with E-state index in [4.69, 9.17) is 28.4 Å². The number of hydrogen-bond donors (Lipinski definition) is 0. The van der Waals surface area contributed by atoms with Crippen LogP contribution in [0.1, 0.15) is 196 Å². The molecule has 0 atom stereocenters. The second-order valence-corrected chi connectivity index (χ2v) is 21.0. The molecule has 0 aliphatic heterocycles. The van der Waals surface area contributed by atoms with E-state index in [9.17, 15) is 0 Å². The Kier molecular flexibility index (Phi) is 18.8. The van der Waals surface area contributed by atoms with E-state index in [0.29, 0.717) is 39.6 Å². The van der Waals surface area contributed by atoms with Crippen molar-refractivity contribution in [3.8, 4) is 34.5 Å². The molecular formula is C54H78O6S3. The average Bonchev–Trinajstić information content (AvgIpc) is 4.00. The van der Waals surface area contributed by atoms with Crippen LogP contribution in [-0.2, 0) is 0 Å². The van der Waals surface area contributed by atoms with Gasteiger partial charge in [-0.05, 0) is 38.5 Å². The molecule has 9 heteroatoms. The van der Waals surface area contributed by atoms with Gasteiger partial charge in [-0.15, -0.1) is 34.0 Å². The Morgan fingerprint density at radius 2 is 0.381 bits per heavy atom. The average molecular weight is 919 g/mol. The molecule has 6 nitrogen and oxygen atoms in total. The first kappa shape index (κ1) is 48.1. The molecule has 7 rings (SSSR count). The van der Waals surface area contributed by atoms with Gasteiger partial charge in [-0.1, -0.05) is 157 Å². The Morgan fingerprint density at radius 3 is 0.524 bits per heavy atom. The molecule has 0 saturated heterocycles. The summed E-state index contributed by atoms with van der Waals surface area (Å²) in [6.45, 7) is 17.7. The Labute approximate surface area is 390 Å². The van der Waals surface area contributed by atoms with Crippen molar-refractivity contribution in [1.29, 1.82) is 0 Å². The molecule has 0 aliphatic rings. The fourth-order valence-corrected chi connectivity index (χ4v) is 13.2. The molecule has 0 radical (unpaired) electrons. The Bertz CT molecular complexity index is 1920. The summed E-state index contributed by atoms with van der Waals surface area (Å²) in [4.78, 5) is 0. The largest absolute Gasteiger partial charge is 0.488 e. The van der Waals surface area contributed by atoms with Crippen molar-refractivity contribution in [1.82, 2.24) is 0 Å². The monoisotopic (exact) mass is 918 g/mol. The molecule has 0 amide bonds. The van der Waals surface area contributed by atoms with E-state index < -0.39 is 0 Å². The molecule has 0 fully saturated rings. The molecule has 0 aliphatic carbocycles. The van der Waals surface area contributed by atoms with Crippen LogP contribution in [0, 0.1) is 0 Å². The number of benzene rings is 4. The van der Waals surface area contributed by atoms with Crippen molar-refractivity contribution < 1.29 is 28.4 Å². The molecule has 0 bridgehead atoms. The number of unbranched alkanes of at least 4 members (excludes halogenated alkanes) is 18. The van der Waals surface area contributed by atoms with E-state index in [1.54, 1.807) is 0 Å². The van der Waals surface area contributed by atoms with Crippen LogP contribution < -0.4 is 28.4 Å². The first-order valence-electron chi connectivity index (χ1n) is 25.7. The molecule has 0 unspecified atom stereocenters. The Balaban J connectivity index is 1.52. The number of hydrogen-bond acceptors (Lipinski definition) is 9. The highest BCUT2D eigenvalue weighted by Gasteiger charge is 2.37. The third-order valence-electron chi connectivity index (χ3n) is 12.8. The van der Waals surface area contributed by atoms with Crippen molar-refractivity contribution in [3.63, 3.8) is 0 Å². The van der Waals surface area contributed by atoms with E-state index in [1.807, 2.05) is 34.0 Å². The highest BCUT2D eigenvalue weighted by molar-refractivity contribution is 7.31. The Morgan fingerprint density at radius 1 is 0.222 bits per heavy atom. The SMILES string of the molecule is CCCCCCOc1c(OCCCCCC)c2sc3c(OCCCCCC)c(OCCCCCC)c4sc5c(OCCCCCC)c(OCCCCCC)c6sc1c1c2c3c4c5c61. The second kappa shape index (κ2) is 24.6. The first-order valence-corrected chi connectivity index (χ1v) is 28.1. The van der Waals surface area contributed by atoms with Crippen LogP contribution in [0.3, 0.4) is 0 Å². The predicted molar refractivity (Wildman–Crippen MR) is 276 cm³/mol. The summed E-state index contributed by atoms with van der Waals surface area (Å²) in [7, 11) is 0. The zero-order valence-corrected chi connectivity index (χ0v) is 42.3. The standard InChI is InChI=1S/C54H78O6S3/c1-7-13-19-25-31-55-43-44(56-32-26-20-14-8-2)50-38-37-39-41-42-40(38)52(62-50)47(59-35-29-23-17-11-5)48(60-36-30-24-18-12-6)54(42)63-53(41)46(58-34-28-22-16-10-4)45(51(39)61-49(37)43)57-33-27-21-15-9-3/h7-36H2,1-6H3. The van der Waals surface area contributed by atoms with E-state index in [0.717, 1.165) is 112 Å². The van der Waals surface area contributed by atoms with E-state index in [1.165, 1.54) is 138 Å². The molecule has 3 aromatic heterocycles. The third-order valence-corrected chi connectivity index (χ3v) is 16.4. The highest BCUT2D eigenvalue weighted by atomic mass is 32.1. The number of thiophene rings is 3. The lowest BCUT2D eigenvalue weighted by atomic mass is 9.93. The van der Waals surface area contributed by atoms with Crippen LogP contribution in [0.5, 0.6) is 34.5 Å². The zero-order chi connectivity index (χ0) is 44.0. The van der Waals surface area contributed by atoms with Gasteiger partial charge in [0.05, 0.1) is 67.8 Å². The summed E-state index contributed by atoms with van der Waals surface area (Å²) in [5.74, 6) is 5.45. The van der Waals surface area contributed by atoms with Crippen molar-refractivity contribution in [2.24, 2.45) is 0 Å². The van der Waals surface area contributed by atoms with Gasteiger partial charge in [0.15, 0.2) is 34.5 Å². The van der Waals surface area contributed by atoms with E-state index in [2.05, 4.69) is 41.5 Å². The minimum atomic E-state index is 0.671. The van der Waals surface area contributed by atoms with E-state index >= 15 is 0 Å². The molecule has 63 heavy (non-hydrogen) atoms. The molecule has 3 heterocycles. The topological polar surface area (TPSA) is 55.4 Å². The van der Waals surface area contributed by atoms with Crippen molar-refractivity contribution in [2.45, 2.75) is 196 Å². The van der Waals surface area contributed by atoms with Gasteiger partial charge in [0, 0.05) is 32.3 Å². The second-order valence-electron chi connectivity index (χ2n) is 18.0. The van der Waals surface area contributed by atoms with Gasteiger partial charge in [-0.25, -0.2) is 0 Å². The van der Waals surface area contributed by atoms with Gasteiger partial charge in [-0.3, -0.25) is 0 Å². The molecular weight excluding hydrogens is 841 g/mol. The maximum Gasteiger partial charge on any atom is 0.180 e. The molecule has 0 saturated carbocycles. The van der Waals surface area contributed by atoms with Gasteiger partial charge < -0.3 is 28.4 Å². The highest BCUT2D eigenvalue weighted by Crippen LogP contribution is 2.66. The van der Waals surface area contributed by atoms with Crippen LogP contribution in [0.2, 0.25) is 0 Å². The quantitative estimate of drug-likeness (QED) is 0.0289. The fourth-order valence-electron chi connectivity index (χ4n) is 9.31. The normalized spacial score (nSPS) is 12.3. The van der Waals surface area contributed by atoms with Crippen LogP contribution >= 0.6 is 34.0 Å². The van der Waals surface area contributed by atoms with Crippen LogP contribution in [-0.4, -0.2) is 39.6 Å². The minimum Gasteiger partial charge on any atom is -0.488 e. The number of rotatable bonds is 36. The smallest absolute Gasteiger partial charge is 0.180 e. The molecule has 0 N–H and O–H groups in total. The maximum atomic E-state index is 7.07. The lowest BCUT2D eigenvalue weighted by Gasteiger charge is -2.18. The van der Waals surface area contributed by atoms with Gasteiger partial charge >= 0.3 is 0 Å². The van der Waals surface area contributed by atoms with Gasteiger partial charge in [0.1, 0.15) is 0 Å². The molecule has 7 aromatic rings. The summed E-state index contributed by atoms with van der Waals surface area (Å²) in [5, 5.41) is 7.77. The van der Waals surface area contributed by atoms with Gasteiger partial charge in [0.2, 0.25) is 0 Å². The lowest BCUT2D eigenvalue weighted by Crippen LogP contribution is -2.04. The summed E-state index contributed by atoms with van der Waals surface area (Å²) < 4.78 is 49.5. The Hall–Kier alpha value is -2.88. The molecule has 348 valence electrons. The van der Waals surface area contributed by atoms with E-state index in [-0.39, 0.29) is 0 Å². The zero-order valence-electron chi connectivity index (χ0n) is 39.9. The summed E-state index contributed by atoms with van der Waals surface area (Å²) >= 11 is 5.51. The van der Waals surface area contributed by atoms with Crippen LogP contribution in [0.25, 0.3) is 60.5 Å². The van der Waals surface area contributed by atoms with Gasteiger partial charge in [-0.2, -0.15) is 0 Å². The first-order chi connectivity index (χ1) is 31.1.